The molecule has 6 aliphatic rings. The van der Waals surface area contributed by atoms with E-state index in [1.165, 1.54) is 14.0 Å². The van der Waals surface area contributed by atoms with Crippen LogP contribution in [0.15, 0.2) is 30.3 Å². The summed E-state index contributed by atoms with van der Waals surface area (Å²) in [6.45, 7) is 2.56. The first-order valence-electron chi connectivity index (χ1n) is 15.7. The number of nitrogens with zero attached hydrogens (tertiary/aromatic N) is 1. The van der Waals surface area contributed by atoms with Gasteiger partial charge < -0.3 is 43.5 Å². The Kier molecular flexibility index (Phi) is 7.07. The molecular formula is C33H45NO10. The molecule has 44 heavy (non-hydrogen) atoms. The Balaban J connectivity index is 1.51. The maximum Gasteiger partial charge on any atom is 0.338 e. The number of methoxy groups -OCH3 is 4. The third-order valence-corrected chi connectivity index (χ3v) is 12.8. The van der Waals surface area contributed by atoms with E-state index in [9.17, 15) is 19.8 Å². The summed E-state index contributed by atoms with van der Waals surface area (Å²) < 4.78 is 37.5. The molecule has 5 saturated carbocycles. The molecule has 11 nitrogen and oxygen atoms in total. The zero-order valence-corrected chi connectivity index (χ0v) is 26.3. The minimum Gasteiger partial charge on any atom is -0.455 e. The lowest BCUT2D eigenvalue weighted by atomic mass is 9.43. The minimum absolute atomic E-state index is 0.103. The summed E-state index contributed by atoms with van der Waals surface area (Å²) in [5.74, 6) is -2.96. The third kappa shape index (κ3) is 3.41. The highest BCUT2D eigenvalue weighted by Gasteiger charge is 2.91. The van der Waals surface area contributed by atoms with Gasteiger partial charge in [-0.05, 0) is 44.4 Å². The summed E-state index contributed by atoms with van der Waals surface area (Å²) in [5.41, 5.74) is -3.93. The number of piperidine rings is 1. The fraction of sp³-hybridized carbons (Fsp3) is 0.758. The molecule has 1 aliphatic heterocycles. The summed E-state index contributed by atoms with van der Waals surface area (Å²) >= 11 is 0. The van der Waals surface area contributed by atoms with Crippen molar-refractivity contribution in [2.45, 2.75) is 73.9 Å². The van der Waals surface area contributed by atoms with E-state index in [0.29, 0.717) is 12.2 Å². The number of carbonyl (C=O) groups excluding carboxylic acids is 2. The van der Waals surface area contributed by atoms with E-state index in [-0.39, 0.29) is 35.8 Å². The van der Waals surface area contributed by atoms with E-state index in [2.05, 4.69) is 11.9 Å². The normalized spacial score (nSPS) is 49.9. The average molecular weight is 616 g/mol. The second-order valence-corrected chi connectivity index (χ2v) is 14.2. The topological polar surface area (TPSA) is 133 Å². The van der Waals surface area contributed by atoms with Crippen LogP contribution in [-0.2, 0) is 33.2 Å². The Morgan fingerprint density at radius 2 is 1.75 bits per heavy atom. The number of carbonyl (C=O) groups is 2. The van der Waals surface area contributed by atoms with Crippen molar-refractivity contribution in [2.75, 3.05) is 48.6 Å². The zero-order valence-electron chi connectivity index (χ0n) is 26.3. The number of esters is 2. The van der Waals surface area contributed by atoms with Crippen LogP contribution in [0.5, 0.6) is 0 Å². The second kappa shape index (κ2) is 10.2. The van der Waals surface area contributed by atoms with Crippen molar-refractivity contribution in [3.8, 4) is 0 Å². The standard InChI is InChI=1S/C33H45NO10/c1-17(35)44-33-21-19(14-31(38,28(42-6)26(33)36)27(21)43-29(37)18-10-8-7-9-11-18)32-20(40-4)12-13-30(16-39-3)15-34(2)25(32)22(33)23(41-5)24(30)32/h7-11,19-28,36,38H,12-16H2,1-6H3/t19-,20+,21-,22+,23+,24-,25?,26+,27-,28-,30+,31-,32+,33-/m0/s1. The highest BCUT2D eigenvalue weighted by Crippen LogP contribution is 2.80. The van der Waals surface area contributed by atoms with Crippen molar-refractivity contribution in [3.05, 3.63) is 35.9 Å². The van der Waals surface area contributed by atoms with Crippen LogP contribution in [0, 0.1) is 34.5 Å². The number of hydrogen-bond donors (Lipinski definition) is 2. The van der Waals surface area contributed by atoms with Gasteiger partial charge in [0.25, 0.3) is 0 Å². The number of hydrogen-bond acceptors (Lipinski definition) is 11. The van der Waals surface area contributed by atoms with Gasteiger partial charge in [0.2, 0.25) is 0 Å². The van der Waals surface area contributed by atoms with E-state index in [4.69, 9.17) is 28.4 Å². The number of fused-ring (bicyclic) bond motifs is 2. The van der Waals surface area contributed by atoms with Gasteiger partial charge in [0.15, 0.2) is 5.60 Å². The molecule has 1 aromatic rings. The van der Waals surface area contributed by atoms with Crippen LogP contribution in [0.3, 0.4) is 0 Å². The van der Waals surface area contributed by atoms with E-state index >= 15 is 0 Å². The van der Waals surface area contributed by atoms with Crippen LogP contribution < -0.4 is 0 Å². The van der Waals surface area contributed by atoms with Crippen LogP contribution in [0.25, 0.3) is 0 Å². The minimum atomic E-state index is -1.76. The molecule has 1 aromatic carbocycles. The zero-order chi connectivity index (χ0) is 31.4. The molecule has 5 aliphatic carbocycles. The maximum absolute atomic E-state index is 13.7. The smallest absolute Gasteiger partial charge is 0.338 e. The molecule has 242 valence electrons. The predicted molar refractivity (Wildman–Crippen MR) is 154 cm³/mol. The van der Waals surface area contributed by atoms with Gasteiger partial charge in [-0.3, -0.25) is 4.79 Å². The van der Waals surface area contributed by atoms with Crippen molar-refractivity contribution >= 4 is 11.9 Å². The number of rotatable bonds is 8. The lowest BCUT2D eigenvalue weighted by Crippen LogP contribution is -2.80. The first-order valence-corrected chi connectivity index (χ1v) is 15.7. The quantitative estimate of drug-likeness (QED) is 0.410. The van der Waals surface area contributed by atoms with Crippen LogP contribution in [0.4, 0.5) is 0 Å². The van der Waals surface area contributed by atoms with E-state index in [1.54, 1.807) is 45.6 Å². The molecule has 1 unspecified atom stereocenters. The Bertz CT molecular complexity index is 1310. The third-order valence-electron chi connectivity index (χ3n) is 12.8. The Morgan fingerprint density at radius 3 is 2.36 bits per heavy atom. The summed E-state index contributed by atoms with van der Waals surface area (Å²) in [7, 11) is 8.63. The van der Waals surface area contributed by atoms with Gasteiger partial charge in [0.1, 0.15) is 23.9 Å². The number of likely N-dealkylation sites (tertiary alicyclic amines) is 1. The molecule has 0 radical (unpaired) electrons. The van der Waals surface area contributed by atoms with Crippen molar-refractivity contribution in [1.29, 1.82) is 0 Å². The molecule has 1 spiro atoms. The van der Waals surface area contributed by atoms with E-state index in [0.717, 1.165) is 19.4 Å². The SMILES string of the molecule is COC[C@]12CC[C@@H](OC)[C@@]34C([C@@H]([C@@H](OC)[C@@H]13)[C@@]1(OC(C)=O)[C@@H]3[C@H](OC(=O)c5ccccc5)[C@@](O)(C[C@@H]34)[C@@H](OC)[C@H]1O)N(C)C2. The van der Waals surface area contributed by atoms with Gasteiger partial charge >= 0.3 is 11.9 Å². The van der Waals surface area contributed by atoms with Crippen LogP contribution >= 0.6 is 0 Å². The van der Waals surface area contributed by atoms with Gasteiger partial charge in [-0.2, -0.15) is 0 Å². The number of ether oxygens (including phenoxy) is 6. The molecule has 2 N–H and O–H groups in total. The highest BCUT2D eigenvalue weighted by molar-refractivity contribution is 5.89. The summed E-state index contributed by atoms with van der Waals surface area (Å²) in [6.07, 6.45) is -2.66. The molecule has 7 rings (SSSR count). The molecule has 11 heteroatoms. The lowest BCUT2D eigenvalue weighted by molar-refractivity contribution is -0.316. The van der Waals surface area contributed by atoms with Gasteiger partial charge in [0, 0.05) is 76.5 Å². The average Bonchev–Trinajstić information content (AvgIpc) is 3.39. The first-order chi connectivity index (χ1) is 21.0. The highest BCUT2D eigenvalue weighted by atomic mass is 16.6. The molecule has 6 fully saturated rings. The molecule has 14 atom stereocenters. The fourth-order valence-electron chi connectivity index (χ4n) is 12.3. The molecule has 0 aromatic heterocycles. The molecule has 0 amide bonds. The van der Waals surface area contributed by atoms with Crippen LogP contribution in [0.2, 0.25) is 0 Å². The van der Waals surface area contributed by atoms with Crippen molar-refractivity contribution in [1.82, 2.24) is 4.90 Å². The Labute approximate surface area is 258 Å². The van der Waals surface area contributed by atoms with Gasteiger partial charge in [0.05, 0.1) is 24.4 Å². The number of aliphatic hydroxyl groups is 2. The number of aliphatic hydroxyl groups excluding tert-OH is 1. The fourth-order valence-corrected chi connectivity index (χ4v) is 12.3. The Morgan fingerprint density at radius 1 is 1.02 bits per heavy atom. The summed E-state index contributed by atoms with van der Waals surface area (Å²) in [4.78, 5) is 29.2. The molecule has 1 saturated heterocycles. The number of benzene rings is 1. The summed E-state index contributed by atoms with van der Waals surface area (Å²) in [6, 6.07) is 8.39. The predicted octanol–water partition coefficient (Wildman–Crippen LogP) is 1.29. The van der Waals surface area contributed by atoms with E-state index in [1.807, 2.05) is 6.07 Å². The lowest BCUT2D eigenvalue weighted by Gasteiger charge is -2.69. The molecular weight excluding hydrogens is 570 g/mol. The largest absolute Gasteiger partial charge is 0.455 e. The summed E-state index contributed by atoms with van der Waals surface area (Å²) in [5, 5.41) is 25.1. The molecule has 1 heterocycles. The van der Waals surface area contributed by atoms with E-state index < -0.39 is 64.8 Å². The van der Waals surface area contributed by atoms with Crippen LogP contribution in [-0.4, -0.2) is 123 Å². The second-order valence-electron chi connectivity index (χ2n) is 14.2. The first kappa shape index (κ1) is 30.5. The van der Waals surface area contributed by atoms with Crippen molar-refractivity contribution < 1.29 is 48.2 Å². The molecule has 7 bridgehead atoms. The Hall–Kier alpha value is -2.12. The van der Waals surface area contributed by atoms with Gasteiger partial charge in [-0.15, -0.1) is 0 Å². The van der Waals surface area contributed by atoms with Gasteiger partial charge in [-0.25, -0.2) is 4.79 Å². The van der Waals surface area contributed by atoms with Gasteiger partial charge in [-0.1, -0.05) is 18.2 Å². The monoisotopic (exact) mass is 615 g/mol. The van der Waals surface area contributed by atoms with Crippen LogP contribution in [0.1, 0.15) is 36.5 Å². The van der Waals surface area contributed by atoms with Crippen molar-refractivity contribution in [2.24, 2.45) is 34.5 Å². The maximum atomic E-state index is 13.7. The van der Waals surface area contributed by atoms with Crippen molar-refractivity contribution in [3.63, 3.8) is 0 Å².